The Bertz CT molecular complexity index is 685. The van der Waals surface area contributed by atoms with E-state index in [1.54, 1.807) is 6.07 Å². The molecule has 26 heavy (non-hydrogen) atoms. The second-order valence-corrected chi connectivity index (χ2v) is 9.97. The normalized spacial score (nSPS) is 25.3. The summed E-state index contributed by atoms with van der Waals surface area (Å²) in [6.45, 7) is 2.19. The van der Waals surface area contributed by atoms with Crippen molar-refractivity contribution in [2.45, 2.75) is 50.7 Å². The van der Waals surface area contributed by atoms with Crippen LogP contribution in [-0.4, -0.2) is 44.0 Å². The molecule has 146 valence electrons. The maximum absolute atomic E-state index is 11.8. The summed E-state index contributed by atoms with van der Waals surface area (Å²) in [5.41, 5.74) is -0.439. The number of alkyl halides is 3. The number of nitrogens with zero attached hydrogens (tertiary/aromatic N) is 1. The van der Waals surface area contributed by atoms with Gasteiger partial charge in [0, 0.05) is 18.0 Å². The highest BCUT2D eigenvalue weighted by atomic mass is 32.2. The third-order valence-electron chi connectivity index (χ3n) is 5.71. The number of benzene rings is 1. The second-order valence-electron chi connectivity index (χ2n) is 7.91. The van der Waals surface area contributed by atoms with Gasteiger partial charge in [0.15, 0.2) is 9.84 Å². The van der Waals surface area contributed by atoms with Gasteiger partial charge in [-0.1, -0.05) is 49.6 Å². The molecule has 2 aliphatic heterocycles. The minimum Gasteiger partial charge on any atom is -0.300 e. The highest BCUT2D eigenvalue weighted by molar-refractivity contribution is 7.92. The molecule has 0 unspecified atom stereocenters. The lowest BCUT2D eigenvalue weighted by Gasteiger charge is -2.39. The smallest absolute Gasteiger partial charge is 0.300 e. The Morgan fingerprint density at radius 3 is 2.12 bits per heavy atom. The van der Waals surface area contributed by atoms with Crippen molar-refractivity contribution >= 4 is 9.84 Å². The van der Waals surface area contributed by atoms with Crippen molar-refractivity contribution in [3.63, 3.8) is 0 Å². The van der Waals surface area contributed by atoms with Crippen LogP contribution in [0.15, 0.2) is 30.3 Å². The second kappa shape index (κ2) is 7.50. The summed E-state index contributed by atoms with van der Waals surface area (Å²) in [6.07, 6.45) is 3.71. The predicted molar refractivity (Wildman–Crippen MR) is 95.6 cm³/mol. The summed E-state index contributed by atoms with van der Waals surface area (Å²) in [5.74, 6) is 0.923. The van der Waals surface area contributed by atoms with Gasteiger partial charge in [0.2, 0.25) is 0 Å². The Balaban J connectivity index is 0.000000170. The fraction of sp³-hybridized carbons (Fsp3) is 0.684. The van der Waals surface area contributed by atoms with Gasteiger partial charge in [-0.3, -0.25) is 4.90 Å². The summed E-state index contributed by atoms with van der Waals surface area (Å²) in [5, 5.41) is 0. The molecule has 7 heteroatoms. The van der Waals surface area contributed by atoms with Crippen LogP contribution in [0.1, 0.15) is 44.1 Å². The number of hydrogen-bond acceptors (Lipinski definition) is 3. The van der Waals surface area contributed by atoms with Crippen molar-refractivity contribution < 1.29 is 21.6 Å². The molecule has 1 aromatic rings. The van der Waals surface area contributed by atoms with Gasteiger partial charge in [-0.05, 0) is 25.8 Å². The Hall–Kier alpha value is -1.08. The van der Waals surface area contributed by atoms with E-state index in [1.807, 2.05) is 0 Å². The van der Waals surface area contributed by atoms with Crippen LogP contribution in [-0.2, 0) is 16.0 Å². The van der Waals surface area contributed by atoms with E-state index in [0.717, 1.165) is 37.7 Å². The molecule has 0 bridgehead atoms. The average molecular weight is 389 g/mol. The Kier molecular flexibility index (Phi) is 5.68. The van der Waals surface area contributed by atoms with E-state index < -0.39 is 21.6 Å². The summed E-state index contributed by atoms with van der Waals surface area (Å²) >= 11 is 0. The molecule has 1 aromatic carbocycles. The first kappa shape index (κ1) is 19.7. The van der Waals surface area contributed by atoms with E-state index >= 15 is 0 Å². The van der Waals surface area contributed by atoms with Gasteiger partial charge in [0.1, 0.15) is 0 Å². The van der Waals surface area contributed by atoms with Gasteiger partial charge >= 0.3 is 6.18 Å². The standard InChI is InChI=1S/C12H21NO2S.C7H5F3/c14-16(15)9-12(10-16)6-7-13(8-12)11-4-2-1-3-5-11;8-7(9,10)6-4-2-1-3-5-6/h11H,1-10H2;1-5H. The molecule has 0 radical (unpaired) electrons. The van der Waals surface area contributed by atoms with Crippen molar-refractivity contribution in [3.05, 3.63) is 35.9 Å². The van der Waals surface area contributed by atoms with Crippen LogP contribution in [0.2, 0.25) is 0 Å². The molecule has 2 saturated heterocycles. The third-order valence-corrected chi connectivity index (χ3v) is 7.82. The monoisotopic (exact) mass is 389 g/mol. The van der Waals surface area contributed by atoms with Crippen LogP contribution >= 0.6 is 0 Å². The van der Waals surface area contributed by atoms with E-state index in [0.29, 0.717) is 11.5 Å². The molecule has 3 nitrogen and oxygen atoms in total. The number of hydrogen-bond donors (Lipinski definition) is 0. The molecular weight excluding hydrogens is 363 g/mol. The topological polar surface area (TPSA) is 37.4 Å². The molecule has 1 aliphatic carbocycles. The molecule has 0 amide bonds. The number of likely N-dealkylation sites (tertiary alicyclic amines) is 1. The summed E-state index contributed by atoms with van der Waals surface area (Å²) in [7, 11) is -2.65. The minimum atomic E-state index is -4.21. The summed E-state index contributed by atoms with van der Waals surface area (Å²) in [6, 6.07) is 7.12. The molecule has 1 saturated carbocycles. The lowest BCUT2D eigenvalue weighted by molar-refractivity contribution is -0.137. The summed E-state index contributed by atoms with van der Waals surface area (Å²) in [4.78, 5) is 2.58. The van der Waals surface area contributed by atoms with E-state index in [2.05, 4.69) is 4.90 Å². The minimum absolute atomic E-state index is 0.163. The van der Waals surface area contributed by atoms with Gasteiger partial charge in [-0.15, -0.1) is 0 Å². The quantitative estimate of drug-likeness (QED) is 0.724. The van der Waals surface area contributed by atoms with Crippen LogP contribution in [0.3, 0.4) is 0 Å². The zero-order chi connectivity index (χ0) is 18.8. The first-order valence-electron chi connectivity index (χ1n) is 9.26. The average Bonchev–Trinajstić information content (AvgIpc) is 3.00. The SMILES string of the molecule is FC(F)(F)c1ccccc1.O=S1(=O)CC2(CCN(C3CCCCC3)C2)C1. The first-order valence-corrected chi connectivity index (χ1v) is 11.1. The zero-order valence-electron chi connectivity index (χ0n) is 14.8. The van der Waals surface area contributed by atoms with Gasteiger partial charge in [0.05, 0.1) is 17.1 Å². The molecule has 0 N–H and O–H groups in total. The molecule has 3 fully saturated rings. The zero-order valence-corrected chi connectivity index (χ0v) is 15.7. The highest BCUT2D eigenvalue weighted by Gasteiger charge is 2.52. The van der Waals surface area contributed by atoms with Gasteiger partial charge in [0.25, 0.3) is 0 Å². The lowest BCUT2D eigenvalue weighted by Crippen LogP contribution is -2.51. The van der Waals surface area contributed by atoms with Crippen LogP contribution in [0.4, 0.5) is 13.2 Å². The number of rotatable bonds is 1. The molecule has 1 spiro atoms. The van der Waals surface area contributed by atoms with Gasteiger partial charge in [-0.25, -0.2) is 8.42 Å². The molecule has 3 aliphatic rings. The molecule has 0 aromatic heterocycles. The maximum Gasteiger partial charge on any atom is 0.416 e. The number of sulfone groups is 1. The van der Waals surface area contributed by atoms with Crippen LogP contribution < -0.4 is 0 Å². The number of halogens is 3. The van der Waals surface area contributed by atoms with Gasteiger partial charge in [-0.2, -0.15) is 13.2 Å². The Labute approximate surface area is 153 Å². The van der Waals surface area contributed by atoms with Crippen LogP contribution in [0.5, 0.6) is 0 Å². The third kappa shape index (κ3) is 4.80. The lowest BCUT2D eigenvalue weighted by atomic mass is 9.90. The van der Waals surface area contributed by atoms with Crippen LogP contribution in [0, 0.1) is 5.41 Å². The Morgan fingerprint density at radius 1 is 1.00 bits per heavy atom. The molecular formula is C19H26F3NO2S. The van der Waals surface area contributed by atoms with E-state index in [4.69, 9.17) is 0 Å². The Morgan fingerprint density at radius 2 is 1.62 bits per heavy atom. The van der Waals surface area contributed by atoms with Crippen molar-refractivity contribution in [1.82, 2.24) is 4.90 Å². The summed E-state index contributed by atoms with van der Waals surface area (Å²) < 4.78 is 58.0. The largest absolute Gasteiger partial charge is 0.416 e. The van der Waals surface area contributed by atoms with Crippen molar-refractivity contribution in [3.8, 4) is 0 Å². The van der Waals surface area contributed by atoms with Crippen molar-refractivity contribution in [2.75, 3.05) is 24.6 Å². The van der Waals surface area contributed by atoms with Crippen molar-refractivity contribution in [1.29, 1.82) is 0 Å². The van der Waals surface area contributed by atoms with E-state index in [9.17, 15) is 21.6 Å². The van der Waals surface area contributed by atoms with E-state index in [-0.39, 0.29) is 5.41 Å². The van der Waals surface area contributed by atoms with Gasteiger partial charge < -0.3 is 0 Å². The molecule has 2 heterocycles. The highest BCUT2D eigenvalue weighted by Crippen LogP contribution is 2.43. The fourth-order valence-corrected chi connectivity index (χ4v) is 6.73. The van der Waals surface area contributed by atoms with Crippen molar-refractivity contribution in [2.24, 2.45) is 5.41 Å². The predicted octanol–water partition coefficient (Wildman–Crippen LogP) is 4.15. The fourth-order valence-electron chi connectivity index (χ4n) is 4.48. The first-order chi connectivity index (χ1) is 12.2. The van der Waals surface area contributed by atoms with Crippen LogP contribution in [0.25, 0.3) is 0 Å². The molecule has 4 rings (SSSR count). The van der Waals surface area contributed by atoms with E-state index in [1.165, 1.54) is 44.2 Å². The molecule has 0 atom stereocenters. The maximum atomic E-state index is 11.8.